The van der Waals surface area contributed by atoms with Crippen LogP contribution in [0.1, 0.15) is 54.4 Å². The minimum Gasteiger partial charge on any atom is -0.494 e. The molecule has 6 rings (SSSR count). The fourth-order valence-corrected chi connectivity index (χ4v) is 6.41. The van der Waals surface area contributed by atoms with E-state index in [1.807, 2.05) is 61.5 Å². The van der Waals surface area contributed by atoms with Gasteiger partial charge in [0.15, 0.2) is 5.65 Å². The van der Waals surface area contributed by atoms with Gasteiger partial charge in [0.25, 0.3) is 0 Å². The second-order valence-electron chi connectivity index (χ2n) is 13.1. The number of carbonyl (C=O) groups is 4. The molecule has 2 unspecified atom stereocenters. The minimum atomic E-state index is -1.28. The first-order valence-corrected chi connectivity index (χ1v) is 17.4. The molecule has 51 heavy (non-hydrogen) atoms. The van der Waals surface area contributed by atoms with Crippen molar-refractivity contribution >= 4 is 35.0 Å². The van der Waals surface area contributed by atoms with Gasteiger partial charge in [-0.25, -0.2) is 14.8 Å². The van der Waals surface area contributed by atoms with Crippen LogP contribution < -0.4 is 20.7 Å². The van der Waals surface area contributed by atoms with Crippen LogP contribution in [-0.2, 0) is 38.7 Å². The van der Waals surface area contributed by atoms with Gasteiger partial charge in [-0.15, -0.1) is 0 Å². The Balaban J connectivity index is 1.24. The van der Waals surface area contributed by atoms with Gasteiger partial charge in [-0.05, 0) is 85.4 Å². The highest BCUT2D eigenvalue weighted by molar-refractivity contribution is 5.94. The number of hydrogen-bond donors (Lipinski definition) is 3. The van der Waals surface area contributed by atoms with Gasteiger partial charge >= 0.3 is 6.09 Å². The molecule has 0 saturated carbocycles. The van der Waals surface area contributed by atoms with Crippen molar-refractivity contribution in [1.82, 2.24) is 35.8 Å². The highest BCUT2D eigenvalue weighted by atomic mass is 16.5. The van der Waals surface area contributed by atoms with E-state index in [4.69, 9.17) is 9.47 Å². The van der Waals surface area contributed by atoms with E-state index in [0.29, 0.717) is 43.0 Å². The maximum Gasteiger partial charge on any atom is 0.408 e. The molecule has 3 N–H and O–H groups in total. The molecule has 2 aromatic carbocycles. The first-order valence-electron chi connectivity index (χ1n) is 17.4. The molecule has 1 saturated heterocycles. The monoisotopic (exact) mass is 693 g/mol. The third-order valence-corrected chi connectivity index (χ3v) is 9.38. The van der Waals surface area contributed by atoms with Crippen molar-refractivity contribution in [3.63, 3.8) is 0 Å². The SMILES string of the molecule is Cc1ccc2cc1CNC(=O)C(CCc1cnc3nccnc3c1)NC(=O)[C@@H](NC(=O)OCc1ccccc1)CC(=O)N1CCCC(CCO2)C1. The highest BCUT2D eigenvalue weighted by Crippen LogP contribution is 2.23. The molecular weight excluding hydrogens is 650 g/mol. The number of pyridine rings is 1. The predicted molar refractivity (Wildman–Crippen MR) is 188 cm³/mol. The van der Waals surface area contributed by atoms with Crippen molar-refractivity contribution in [1.29, 1.82) is 0 Å². The van der Waals surface area contributed by atoms with Gasteiger partial charge in [-0.1, -0.05) is 36.4 Å². The number of hydrogen-bond acceptors (Lipinski definition) is 9. The Hall–Kier alpha value is -5.59. The smallest absolute Gasteiger partial charge is 0.408 e. The van der Waals surface area contributed by atoms with E-state index in [-0.39, 0.29) is 37.8 Å². The van der Waals surface area contributed by atoms with E-state index in [0.717, 1.165) is 41.5 Å². The Morgan fingerprint density at radius 2 is 1.84 bits per heavy atom. The normalized spacial score (nSPS) is 20.3. The van der Waals surface area contributed by atoms with Gasteiger partial charge in [0.1, 0.15) is 30.0 Å². The first kappa shape index (κ1) is 35.2. The van der Waals surface area contributed by atoms with Crippen LogP contribution in [0.3, 0.4) is 0 Å². The molecule has 266 valence electrons. The summed E-state index contributed by atoms with van der Waals surface area (Å²) in [6.45, 7) is 3.74. The molecule has 4 amide bonds. The average molecular weight is 694 g/mol. The summed E-state index contributed by atoms with van der Waals surface area (Å²) >= 11 is 0. The number of amides is 4. The van der Waals surface area contributed by atoms with E-state index in [9.17, 15) is 19.2 Å². The van der Waals surface area contributed by atoms with Crippen molar-refractivity contribution in [2.75, 3.05) is 19.7 Å². The molecule has 4 heterocycles. The number of benzene rings is 2. The number of ether oxygens (including phenoxy) is 2. The number of carbonyl (C=O) groups excluding carboxylic acids is 4. The molecule has 2 aliphatic heterocycles. The van der Waals surface area contributed by atoms with E-state index in [1.54, 1.807) is 23.5 Å². The summed E-state index contributed by atoms with van der Waals surface area (Å²) in [4.78, 5) is 69.2. The average Bonchev–Trinajstić information content (AvgIpc) is 3.15. The Kier molecular flexibility index (Phi) is 11.7. The van der Waals surface area contributed by atoms with Crippen molar-refractivity contribution < 1.29 is 28.7 Å². The summed E-state index contributed by atoms with van der Waals surface area (Å²) in [6.07, 6.45) is 6.83. The number of aryl methyl sites for hydroxylation is 2. The number of nitrogens with one attached hydrogen (secondary N) is 3. The summed E-state index contributed by atoms with van der Waals surface area (Å²) in [6, 6.07) is 14.5. The van der Waals surface area contributed by atoms with Crippen LogP contribution in [-0.4, -0.2) is 75.4 Å². The van der Waals surface area contributed by atoms with Gasteiger partial charge in [0, 0.05) is 38.2 Å². The van der Waals surface area contributed by atoms with E-state index < -0.39 is 30.0 Å². The molecule has 0 spiro atoms. The van der Waals surface area contributed by atoms with Gasteiger partial charge in [-0.3, -0.25) is 19.4 Å². The number of rotatable bonds is 6. The molecule has 2 aliphatic rings. The predicted octanol–water partition coefficient (Wildman–Crippen LogP) is 3.77. The van der Waals surface area contributed by atoms with Crippen LogP contribution in [0.25, 0.3) is 11.2 Å². The van der Waals surface area contributed by atoms with E-state index >= 15 is 0 Å². The lowest BCUT2D eigenvalue weighted by atomic mass is 9.94. The molecule has 0 aliphatic carbocycles. The lowest BCUT2D eigenvalue weighted by Crippen LogP contribution is -2.55. The van der Waals surface area contributed by atoms with Crippen molar-refractivity contribution in [3.8, 4) is 5.75 Å². The second kappa shape index (κ2) is 16.9. The lowest BCUT2D eigenvalue weighted by Gasteiger charge is -2.34. The van der Waals surface area contributed by atoms with Gasteiger partial charge in [0.2, 0.25) is 17.7 Å². The van der Waals surface area contributed by atoms with Crippen molar-refractivity contribution in [2.45, 2.75) is 70.7 Å². The van der Waals surface area contributed by atoms with Crippen molar-refractivity contribution in [2.24, 2.45) is 5.92 Å². The van der Waals surface area contributed by atoms with Crippen LogP contribution >= 0.6 is 0 Å². The number of aromatic nitrogens is 3. The van der Waals surface area contributed by atoms with Gasteiger partial charge < -0.3 is 30.3 Å². The Bertz CT molecular complexity index is 1860. The van der Waals surface area contributed by atoms with Gasteiger partial charge in [0.05, 0.1) is 13.0 Å². The third-order valence-electron chi connectivity index (χ3n) is 9.38. The Labute approximate surface area is 296 Å². The number of piperidine rings is 1. The zero-order chi connectivity index (χ0) is 35.6. The zero-order valence-corrected chi connectivity index (χ0v) is 28.7. The maximum absolute atomic E-state index is 14.0. The Morgan fingerprint density at radius 1 is 1.00 bits per heavy atom. The molecule has 4 bridgehead atoms. The summed E-state index contributed by atoms with van der Waals surface area (Å²) in [7, 11) is 0. The molecule has 2 aromatic heterocycles. The largest absolute Gasteiger partial charge is 0.494 e. The van der Waals surface area contributed by atoms with Crippen molar-refractivity contribution in [3.05, 3.63) is 95.4 Å². The van der Waals surface area contributed by atoms with Gasteiger partial charge in [-0.2, -0.15) is 0 Å². The minimum absolute atomic E-state index is 0.0132. The number of alkyl carbamates (subject to hydrolysis) is 1. The second-order valence-corrected chi connectivity index (χ2v) is 13.1. The third kappa shape index (κ3) is 9.77. The summed E-state index contributed by atoms with van der Waals surface area (Å²) in [5.41, 5.74) is 4.57. The van der Waals surface area contributed by atoms with Crippen LogP contribution in [0, 0.1) is 12.8 Å². The zero-order valence-electron chi connectivity index (χ0n) is 28.7. The molecular formula is C38H43N7O6. The standard InChI is InChI=1S/C38H43N7O6/c1-25-9-11-30-19-29(25)22-42-36(47)31(12-10-28-18-32-35(41-21-28)40-15-14-39-32)43-37(48)33(44-38(49)51-24-27-6-3-2-4-7-27)20-34(46)45-16-5-8-26(23-45)13-17-50-30/h2-4,6-7,9,11,14-15,18-19,21,26,31,33H,5,8,10,12-13,16-17,20,22-24H2,1H3,(H,42,47)(H,43,48)(H,44,49)/t26?,31?,33-/m0/s1. The summed E-state index contributed by atoms with van der Waals surface area (Å²) in [5.74, 6) is -0.401. The fourth-order valence-electron chi connectivity index (χ4n) is 6.41. The highest BCUT2D eigenvalue weighted by Gasteiger charge is 2.32. The molecule has 1 fully saturated rings. The van der Waals surface area contributed by atoms with Crippen LogP contribution in [0.15, 0.2) is 73.2 Å². The quantitative estimate of drug-likeness (QED) is 0.273. The lowest BCUT2D eigenvalue weighted by molar-refractivity contribution is -0.137. The first-order chi connectivity index (χ1) is 24.8. The van der Waals surface area contributed by atoms with Crippen LogP contribution in [0.2, 0.25) is 0 Å². The summed E-state index contributed by atoms with van der Waals surface area (Å²) in [5, 5.41) is 8.42. The summed E-state index contributed by atoms with van der Waals surface area (Å²) < 4.78 is 11.5. The molecule has 3 atom stereocenters. The van der Waals surface area contributed by atoms with E-state index in [2.05, 4.69) is 30.9 Å². The van der Waals surface area contributed by atoms with E-state index in [1.165, 1.54) is 0 Å². The molecule has 0 radical (unpaired) electrons. The number of nitrogens with zero attached hydrogens (tertiary/aromatic N) is 4. The van der Waals surface area contributed by atoms with Crippen LogP contribution in [0.4, 0.5) is 4.79 Å². The van der Waals surface area contributed by atoms with Crippen LogP contribution in [0.5, 0.6) is 5.75 Å². The number of fused-ring (bicyclic) bond motifs is 5. The topological polar surface area (TPSA) is 165 Å². The molecule has 13 nitrogen and oxygen atoms in total. The fraction of sp³-hybridized carbons (Fsp3) is 0.395. The molecule has 13 heteroatoms. The molecule has 4 aromatic rings. The Morgan fingerprint density at radius 3 is 2.71 bits per heavy atom. The maximum atomic E-state index is 14.0.